The van der Waals surface area contributed by atoms with E-state index in [-0.39, 0.29) is 49.6 Å². The average Bonchev–Trinajstić information content (AvgIpc) is 2.28. The molecule has 1 heterocycles. The number of aromatic nitrogens is 1. The maximum absolute atomic E-state index is 13.7. The Morgan fingerprint density at radius 2 is 2.11 bits per heavy atom. The van der Waals surface area contributed by atoms with E-state index in [4.69, 9.17) is 5.11 Å². The van der Waals surface area contributed by atoms with Gasteiger partial charge in [0.2, 0.25) is 5.56 Å². The van der Waals surface area contributed by atoms with E-state index < -0.39 is 5.82 Å². The standard InChI is InChI=1S/C12H8FINO2.Y/c1-15-11(5-4-10(14)12(15)17)8-3-2-7(16)6-9(8)13;/h2-4,6,16H,1H3;/q-1;. The van der Waals surface area contributed by atoms with Crippen LogP contribution < -0.4 is 5.56 Å². The van der Waals surface area contributed by atoms with Crippen LogP contribution in [0.5, 0.6) is 5.75 Å². The fourth-order valence-corrected chi connectivity index (χ4v) is 2.02. The molecule has 0 unspecified atom stereocenters. The van der Waals surface area contributed by atoms with Gasteiger partial charge in [0.15, 0.2) is 0 Å². The molecule has 1 aromatic heterocycles. The molecule has 0 aliphatic rings. The molecule has 0 bridgehead atoms. The smallest absolute Gasteiger partial charge is 0.207 e. The van der Waals surface area contributed by atoms with Gasteiger partial charge in [-0.3, -0.25) is 4.79 Å². The first kappa shape index (κ1) is 15.8. The van der Waals surface area contributed by atoms with E-state index in [1.54, 1.807) is 7.05 Å². The number of aromatic hydroxyl groups is 1. The van der Waals surface area contributed by atoms with Crippen molar-refractivity contribution >= 4 is 22.6 Å². The molecule has 91 valence electrons. The molecule has 1 radical (unpaired) electrons. The molecule has 1 aromatic carbocycles. The first-order chi connectivity index (χ1) is 8.00. The molecule has 18 heavy (non-hydrogen) atoms. The van der Waals surface area contributed by atoms with Crippen LogP contribution in [0, 0.1) is 15.5 Å². The third kappa shape index (κ3) is 3.00. The summed E-state index contributed by atoms with van der Waals surface area (Å²) in [6, 6.07) is 8.17. The van der Waals surface area contributed by atoms with Crippen molar-refractivity contribution in [2.75, 3.05) is 0 Å². The number of pyridine rings is 1. The van der Waals surface area contributed by atoms with Crippen LogP contribution in [0.15, 0.2) is 29.1 Å². The van der Waals surface area contributed by atoms with Crippen molar-refractivity contribution in [2.45, 2.75) is 0 Å². The van der Waals surface area contributed by atoms with E-state index in [1.807, 2.05) is 22.6 Å². The van der Waals surface area contributed by atoms with Gasteiger partial charge in [-0.25, -0.2) is 4.39 Å². The molecule has 1 N–H and O–H groups in total. The molecule has 6 heteroatoms. The summed E-state index contributed by atoms with van der Waals surface area (Å²) in [5, 5.41) is 9.13. The molecule has 0 saturated heterocycles. The maximum atomic E-state index is 13.7. The van der Waals surface area contributed by atoms with Gasteiger partial charge in [0.1, 0.15) is 5.75 Å². The van der Waals surface area contributed by atoms with E-state index in [2.05, 4.69) is 6.07 Å². The predicted molar refractivity (Wildman–Crippen MR) is 70.3 cm³/mol. The molecule has 3 nitrogen and oxygen atoms in total. The fourth-order valence-electron chi connectivity index (χ4n) is 1.51. The Bertz CT molecular complexity index is 642. The van der Waals surface area contributed by atoms with Gasteiger partial charge in [-0.15, -0.1) is 28.7 Å². The Morgan fingerprint density at radius 1 is 1.44 bits per heavy atom. The Labute approximate surface area is 142 Å². The van der Waals surface area contributed by atoms with Crippen molar-refractivity contribution in [3.63, 3.8) is 0 Å². The van der Waals surface area contributed by atoms with Crippen molar-refractivity contribution in [1.29, 1.82) is 0 Å². The van der Waals surface area contributed by atoms with Crippen LogP contribution in [-0.2, 0) is 39.8 Å². The minimum absolute atomic E-state index is 0. The molecule has 0 saturated carbocycles. The summed E-state index contributed by atoms with van der Waals surface area (Å²) in [6.45, 7) is 0. The van der Waals surface area contributed by atoms with Crippen LogP contribution in [0.25, 0.3) is 11.3 Å². The van der Waals surface area contributed by atoms with E-state index >= 15 is 0 Å². The fraction of sp³-hybridized carbons (Fsp3) is 0.0833. The van der Waals surface area contributed by atoms with E-state index in [0.29, 0.717) is 9.26 Å². The monoisotopic (exact) mass is 433 g/mol. The SMILES string of the molecule is Cn1c(-c2ccc(O)cc2F)[c-]cc(I)c1=O.[Y]. The molecule has 0 aliphatic carbocycles. The second-order valence-corrected chi connectivity index (χ2v) is 4.68. The minimum atomic E-state index is -0.586. The topological polar surface area (TPSA) is 42.2 Å². The predicted octanol–water partition coefficient (Wildman–Crippen LogP) is 2.30. The normalized spacial score (nSPS) is 9.94. The van der Waals surface area contributed by atoms with Gasteiger partial charge in [0.25, 0.3) is 0 Å². The third-order valence-electron chi connectivity index (χ3n) is 2.39. The summed E-state index contributed by atoms with van der Waals surface area (Å²) in [5.41, 5.74) is 0.388. The molecular formula is C12H8FINO2Y-. The number of hydrogen-bond acceptors (Lipinski definition) is 2. The van der Waals surface area contributed by atoms with Crippen LogP contribution >= 0.6 is 22.6 Å². The maximum Gasteiger partial charge on any atom is 0.207 e. The average molecular weight is 433 g/mol. The summed E-state index contributed by atoms with van der Waals surface area (Å²) in [6.07, 6.45) is 0. The van der Waals surface area contributed by atoms with Crippen molar-refractivity contribution in [3.8, 4) is 17.0 Å². The van der Waals surface area contributed by atoms with Crippen LogP contribution in [-0.4, -0.2) is 9.67 Å². The van der Waals surface area contributed by atoms with E-state index in [9.17, 15) is 9.18 Å². The van der Waals surface area contributed by atoms with Gasteiger partial charge in [-0.2, -0.15) is 12.1 Å². The van der Waals surface area contributed by atoms with Crippen LogP contribution in [0.4, 0.5) is 4.39 Å². The summed E-state index contributed by atoms with van der Waals surface area (Å²) in [5.74, 6) is -0.737. The van der Waals surface area contributed by atoms with E-state index in [0.717, 1.165) is 6.07 Å². The number of nitrogens with zero attached hydrogens (tertiary/aromatic N) is 1. The first-order valence-electron chi connectivity index (χ1n) is 4.77. The molecule has 2 rings (SSSR count). The Kier molecular flexibility index (Phi) is 5.49. The van der Waals surface area contributed by atoms with Gasteiger partial charge in [-0.1, -0.05) is 11.3 Å². The largest absolute Gasteiger partial charge is 0.508 e. The number of halogens is 2. The zero-order chi connectivity index (χ0) is 12.6. The van der Waals surface area contributed by atoms with Crippen molar-refractivity contribution in [1.82, 2.24) is 4.57 Å². The van der Waals surface area contributed by atoms with Gasteiger partial charge < -0.3 is 9.67 Å². The van der Waals surface area contributed by atoms with Gasteiger partial charge in [0.05, 0.1) is 5.82 Å². The number of hydrogen-bond donors (Lipinski definition) is 1. The van der Waals surface area contributed by atoms with Gasteiger partial charge in [-0.05, 0) is 9.64 Å². The van der Waals surface area contributed by atoms with Gasteiger partial charge in [0, 0.05) is 45.8 Å². The van der Waals surface area contributed by atoms with Crippen molar-refractivity contribution < 1.29 is 42.2 Å². The third-order valence-corrected chi connectivity index (χ3v) is 3.16. The molecule has 0 spiro atoms. The van der Waals surface area contributed by atoms with Crippen LogP contribution in [0.1, 0.15) is 0 Å². The Morgan fingerprint density at radius 3 is 2.72 bits per heavy atom. The number of phenols is 1. The molecular weight excluding hydrogens is 425 g/mol. The number of benzene rings is 1. The zero-order valence-electron chi connectivity index (χ0n) is 9.45. The summed E-state index contributed by atoms with van der Waals surface area (Å²) >= 11 is 1.90. The minimum Gasteiger partial charge on any atom is -0.508 e. The number of rotatable bonds is 1. The summed E-state index contributed by atoms with van der Waals surface area (Å²) in [7, 11) is 1.56. The molecule has 0 amide bonds. The second kappa shape index (κ2) is 6.26. The molecule has 0 aliphatic heterocycles. The second-order valence-electron chi connectivity index (χ2n) is 3.51. The first-order valence-corrected chi connectivity index (χ1v) is 5.84. The van der Waals surface area contributed by atoms with Gasteiger partial charge >= 0.3 is 0 Å². The Hall–Kier alpha value is -0.266. The zero-order valence-corrected chi connectivity index (χ0v) is 14.4. The summed E-state index contributed by atoms with van der Waals surface area (Å²) in [4.78, 5) is 11.7. The molecule has 2 aromatic rings. The van der Waals surface area contributed by atoms with Crippen LogP contribution in [0.3, 0.4) is 0 Å². The molecule has 0 fully saturated rings. The van der Waals surface area contributed by atoms with E-state index in [1.165, 1.54) is 22.8 Å². The van der Waals surface area contributed by atoms with Crippen LogP contribution in [0.2, 0.25) is 0 Å². The quantitative estimate of drug-likeness (QED) is 0.555. The molecule has 0 atom stereocenters. The van der Waals surface area contributed by atoms with Crippen molar-refractivity contribution in [3.05, 3.63) is 50.1 Å². The Balaban J connectivity index is 0.00000162. The number of phenolic OH excluding ortho intramolecular Hbond substituents is 1. The van der Waals surface area contributed by atoms with Crippen molar-refractivity contribution in [2.24, 2.45) is 7.05 Å². The summed E-state index contributed by atoms with van der Waals surface area (Å²) < 4.78 is 15.5.